The maximum atomic E-state index is 12.8. The maximum Gasteiger partial charge on any atom is 0.256 e. The number of carbonyl (C=O) groups excluding carboxylic acids is 1. The lowest BCUT2D eigenvalue weighted by molar-refractivity contribution is 0.0785. The number of rotatable bonds is 5. The van der Waals surface area contributed by atoms with Gasteiger partial charge in [0.2, 0.25) is 0 Å². The Hall–Kier alpha value is -3.79. The third-order valence-corrected chi connectivity index (χ3v) is 5.21. The first-order valence-corrected chi connectivity index (χ1v) is 9.85. The van der Waals surface area contributed by atoms with Crippen LogP contribution in [0.3, 0.4) is 0 Å². The van der Waals surface area contributed by atoms with Crippen LogP contribution in [0.4, 0.5) is 11.6 Å². The van der Waals surface area contributed by atoms with E-state index in [2.05, 4.69) is 15.4 Å². The molecule has 0 saturated carbocycles. The molecule has 3 aromatic rings. The smallest absolute Gasteiger partial charge is 0.256 e. The molecule has 0 aliphatic carbocycles. The molecule has 31 heavy (non-hydrogen) atoms. The minimum atomic E-state index is -0.978. The minimum Gasteiger partial charge on any atom is -0.386 e. The van der Waals surface area contributed by atoms with E-state index in [1.165, 1.54) is 0 Å². The number of aliphatic hydroxyl groups is 1. The number of benzene rings is 1. The lowest BCUT2D eigenvalue weighted by atomic mass is 9.97. The number of piperazine rings is 1. The molecule has 1 aliphatic rings. The number of hydrogen-bond acceptors (Lipinski definition) is 7. The number of anilines is 2. The van der Waals surface area contributed by atoms with Gasteiger partial charge in [-0.25, -0.2) is 4.98 Å². The van der Waals surface area contributed by atoms with Crippen molar-refractivity contribution in [2.24, 2.45) is 0 Å². The van der Waals surface area contributed by atoms with Crippen molar-refractivity contribution in [3.8, 4) is 0 Å². The average molecular weight is 420 g/mol. The largest absolute Gasteiger partial charge is 0.386 e. The van der Waals surface area contributed by atoms with Crippen LogP contribution in [-0.2, 0) is 5.60 Å². The third-order valence-electron chi connectivity index (χ3n) is 5.21. The number of hydrogen-bond donors (Lipinski definition) is 4. The SMILES string of the molecule is CC(C)(O)c1ccc(C(=O)Nc2cc(N3CCN(C=N)C(=N)C3)n3nccc3n2)cc1. The van der Waals surface area contributed by atoms with Gasteiger partial charge in [-0.15, -0.1) is 0 Å². The molecular formula is C21H24N8O2. The fourth-order valence-corrected chi connectivity index (χ4v) is 3.46. The van der Waals surface area contributed by atoms with Crippen molar-refractivity contribution < 1.29 is 9.90 Å². The summed E-state index contributed by atoms with van der Waals surface area (Å²) in [6, 6.07) is 10.3. The summed E-state index contributed by atoms with van der Waals surface area (Å²) >= 11 is 0. The molecule has 1 saturated heterocycles. The Bertz CT molecular complexity index is 1150. The third kappa shape index (κ3) is 4.10. The van der Waals surface area contributed by atoms with Crippen molar-refractivity contribution >= 4 is 35.4 Å². The van der Waals surface area contributed by atoms with Gasteiger partial charge in [-0.1, -0.05) is 12.1 Å². The van der Waals surface area contributed by atoms with Gasteiger partial charge in [0.05, 0.1) is 24.7 Å². The Morgan fingerprint density at radius 2 is 1.97 bits per heavy atom. The quantitative estimate of drug-likeness (QED) is 0.368. The van der Waals surface area contributed by atoms with E-state index in [1.54, 1.807) is 65.9 Å². The topological polar surface area (TPSA) is 134 Å². The van der Waals surface area contributed by atoms with Crippen molar-refractivity contribution in [1.29, 1.82) is 10.8 Å². The number of nitrogens with one attached hydrogen (secondary N) is 3. The van der Waals surface area contributed by atoms with Crippen LogP contribution in [0.25, 0.3) is 5.65 Å². The van der Waals surface area contributed by atoms with Crippen molar-refractivity contribution in [2.45, 2.75) is 19.4 Å². The monoisotopic (exact) mass is 420 g/mol. The Morgan fingerprint density at radius 3 is 2.61 bits per heavy atom. The molecule has 0 spiro atoms. The molecular weight excluding hydrogens is 396 g/mol. The van der Waals surface area contributed by atoms with Gasteiger partial charge in [-0.2, -0.15) is 9.61 Å². The Kier molecular flexibility index (Phi) is 5.15. The van der Waals surface area contributed by atoms with Crippen LogP contribution >= 0.6 is 0 Å². The predicted octanol–water partition coefficient (Wildman–Crippen LogP) is 1.92. The standard InChI is InChI=1S/C21H24N8O2/c1-21(2,31)15-5-3-14(4-6-15)20(30)26-17-11-19(29-18(25-17)7-8-24-29)27-9-10-28(13-22)16(23)12-27/h3-8,11,13,22-23,31H,9-10,12H2,1-2H3,(H,25,26,30). The molecule has 2 aromatic heterocycles. The summed E-state index contributed by atoms with van der Waals surface area (Å²) in [5.74, 6) is 1.08. The van der Waals surface area contributed by atoms with E-state index in [0.29, 0.717) is 48.3 Å². The van der Waals surface area contributed by atoms with Crippen LogP contribution in [-0.4, -0.2) is 62.3 Å². The van der Waals surface area contributed by atoms with Gasteiger partial charge in [-0.3, -0.25) is 15.6 Å². The van der Waals surface area contributed by atoms with E-state index in [1.807, 2.05) is 4.90 Å². The van der Waals surface area contributed by atoms with E-state index >= 15 is 0 Å². The molecule has 3 heterocycles. The minimum absolute atomic E-state index is 0.314. The molecule has 4 rings (SSSR count). The summed E-state index contributed by atoms with van der Waals surface area (Å²) in [7, 11) is 0. The summed E-state index contributed by atoms with van der Waals surface area (Å²) in [4.78, 5) is 20.8. The zero-order valence-electron chi connectivity index (χ0n) is 17.3. The van der Waals surface area contributed by atoms with Crippen LogP contribution in [0.2, 0.25) is 0 Å². The van der Waals surface area contributed by atoms with Gasteiger partial charge >= 0.3 is 0 Å². The van der Waals surface area contributed by atoms with Gasteiger partial charge in [0.15, 0.2) is 5.65 Å². The van der Waals surface area contributed by atoms with Crippen LogP contribution in [0, 0.1) is 10.8 Å². The van der Waals surface area contributed by atoms with Gasteiger partial charge in [0.1, 0.15) is 17.5 Å². The van der Waals surface area contributed by atoms with Gasteiger partial charge < -0.3 is 20.2 Å². The zero-order chi connectivity index (χ0) is 22.2. The van der Waals surface area contributed by atoms with Crippen molar-refractivity contribution in [2.75, 3.05) is 29.9 Å². The zero-order valence-corrected chi connectivity index (χ0v) is 17.3. The molecule has 10 nitrogen and oxygen atoms in total. The summed E-state index contributed by atoms with van der Waals surface area (Å²) in [6.45, 7) is 4.82. The molecule has 0 radical (unpaired) electrons. The van der Waals surface area contributed by atoms with E-state index in [4.69, 9.17) is 10.8 Å². The van der Waals surface area contributed by atoms with Crippen molar-refractivity contribution in [3.63, 3.8) is 0 Å². The Labute approximate surface area is 179 Å². The van der Waals surface area contributed by atoms with Gasteiger partial charge in [0.25, 0.3) is 5.91 Å². The number of amides is 1. The second-order valence-electron chi connectivity index (χ2n) is 7.88. The Balaban J connectivity index is 1.59. The highest BCUT2D eigenvalue weighted by Crippen LogP contribution is 2.23. The summed E-state index contributed by atoms with van der Waals surface area (Å²) < 4.78 is 1.67. The van der Waals surface area contributed by atoms with Gasteiger partial charge in [0, 0.05) is 30.8 Å². The van der Waals surface area contributed by atoms with E-state index in [0.717, 1.165) is 11.9 Å². The number of nitrogens with zero attached hydrogens (tertiary/aromatic N) is 5. The van der Waals surface area contributed by atoms with E-state index in [-0.39, 0.29) is 5.91 Å². The van der Waals surface area contributed by atoms with Gasteiger partial charge in [-0.05, 0) is 31.5 Å². The molecule has 0 atom stereocenters. The second kappa shape index (κ2) is 7.80. The highest BCUT2D eigenvalue weighted by Gasteiger charge is 2.23. The lowest BCUT2D eigenvalue weighted by Gasteiger charge is -2.35. The fraction of sp³-hybridized carbons (Fsp3) is 0.286. The lowest BCUT2D eigenvalue weighted by Crippen LogP contribution is -2.49. The second-order valence-corrected chi connectivity index (χ2v) is 7.88. The summed E-state index contributed by atoms with van der Waals surface area (Å²) in [5.41, 5.74) is 0.766. The van der Waals surface area contributed by atoms with Crippen LogP contribution in [0.15, 0.2) is 42.6 Å². The normalized spacial score (nSPS) is 14.7. The Morgan fingerprint density at radius 1 is 1.23 bits per heavy atom. The highest BCUT2D eigenvalue weighted by molar-refractivity contribution is 6.04. The number of aromatic nitrogens is 3. The first kappa shape index (κ1) is 20.5. The summed E-state index contributed by atoms with van der Waals surface area (Å²) in [5, 5.41) is 32.8. The van der Waals surface area contributed by atoms with Crippen molar-refractivity contribution in [3.05, 3.63) is 53.7 Å². The molecule has 1 fully saturated rings. The molecule has 160 valence electrons. The van der Waals surface area contributed by atoms with Crippen LogP contribution < -0.4 is 10.2 Å². The highest BCUT2D eigenvalue weighted by atomic mass is 16.3. The van der Waals surface area contributed by atoms with E-state index in [9.17, 15) is 9.90 Å². The predicted molar refractivity (Wildman–Crippen MR) is 118 cm³/mol. The van der Waals surface area contributed by atoms with Crippen LogP contribution in [0.5, 0.6) is 0 Å². The number of fused-ring (bicyclic) bond motifs is 1. The first-order chi connectivity index (χ1) is 14.8. The summed E-state index contributed by atoms with van der Waals surface area (Å²) in [6.07, 6.45) is 2.79. The molecule has 10 heteroatoms. The fourth-order valence-electron chi connectivity index (χ4n) is 3.46. The molecule has 0 unspecified atom stereocenters. The average Bonchev–Trinajstić information content (AvgIpc) is 3.21. The molecule has 4 N–H and O–H groups in total. The molecule has 1 aliphatic heterocycles. The number of amidine groups is 1. The van der Waals surface area contributed by atoms with Crippen LogP contribution in [0.1, 0.15) is 29.8 Å². The molecule has 1 aromatic carbocycles. The molecule has 0 bridgehead atoms. The van der Waals surface area contributed by atoms with E-state index < -0.39 is 5.60 Å². The van der Waals surface area contributed by atoms with Crippen molar-refractivity contribution in [1.82, 2.24) is 19.5 Å². The maximum absolute atomic E-state index is 12.8. The molecule has 1 amide bonds. The number of carbonyl (C=O) groups is 1. The first-order valence-electron chi connectivity index (χ1n) is 9.85.